The molecule has 3 atom stereocenters. The fourth-order valence-electron chi connectivity index (χ4n) is 2.86. The molecular formula is C13H23NO4. The summed E-state index contributed by atoms with van der Waals surface area (Å²) in [6, 6.07) is -0.287. The van der Waals surface area contributed by atoms with E-state index in [2.05, 4.69) is 5.32 Å². The fraction of sp³-hybridized carbons (Fsp3) is 0.923. The van der Waals surface area contributed by atoms with Crippen LogP contribution in [-0.4, -0.2) is 47.6 Å². The second-order valence-electron chi connectivity index (χ2n) is 5.32. The molecule has 2 rings (SSSR count). The monoisotopic (exact) mass is 257 g/mol. The van der Waals surface area contributed by atoms with Gasteiger partial charge in [-0.15, -0.1) is 0 Å². The Morgan fingerprint density at radius 2 is 1.94 bits per heavy atom. The van der Waals surface area contributed by atoms with Crippen LogP contribution >= 0.6 is 0 Å². The predicted octanol–water partition coefficient (Wildman–Crippen LogP) is 0.194. The molecule has 5 heteroatoms. The molecule has 0 bridgehead atoms. The van der Waals surface area contributed by atoms with Gasteiger partial charge in [0.25, 0.3) is 0 Å². The third-order valence-corrected chi connectivity index (χ3v) is 4.04. The van der Waals surface area contributed by atoms with Gasteiger partial charge in [-0.25, -0.2) is 0 Å². The Labute approximate surface area is 108 Å². The number of aliphatic hydroxyl groups excluding tert-OH is 2. The first-order chi connectivity index (χ1) is 8.72. The number of carbonyl (C=O) groups excluding carboxylic acids is 1. The van der Waals surface area contributed by atoms with E-state index in [-0.39, 0.29) is 24.5 Å². The van der Waals surface area contributed by atoms with Crippen molar-refractivity contribution >= 4 is 5.91 Å². The number of ether oxygens (including phenoxy) is 1. The van der Waals surface area contributed by atoms with E-state index in [1.165, 1.54) is 6.42 Å². The highest BCUT2D eigenvalue weighted by atomic mass is 16.5. The summed E-state index contributed by atoms with van der Waals surface area (Å²) in [4.78, 5) is 12.1. The van der Waals surface area contributed by atoms with Crippen LogP contribution in [0.4, 0.5) is 0 Å². The van der Waals surface area contributed by atoms with E-state index in [0.717, 1.165) is 25.7 Å². The van der Waals surface area contributed by atoms with Gasteiger partial charge in [0.2, 0.25) is 5.91 Å². The van der Waals surface area contributed by atoms with Crippen molar-refractivity contribution in [2.45, 2.75) is 56.8 Å². The fourth-order valence-corrected chi connectivity index (χ4v) is 2.86. The van der Waals surface area contributed by atoms with Crippen molar-refractivity contribution in [1.29, 1.82) is 0 Å². The summed E-state index contributed by atoms with van der Waals surface area (Å²) >= 11 is 0. The Morgan fingerprint density at radius 1 is 1.22 bits per heavy atom. The lowest BCUT2D eigenvalue weighted by Crippen LogP contribution is -2.55. The average Bonchev–Trinajstić information content (AvgIpc) is 2.42. The van der Waals surface area contributed by atoms with E-state index in [1.54, 1.807) is 0 Å². The highest BCUT2D eigenvalue weighted by Gasteiger charge is 2.34. The van der Waals surface area contributed by atoms with E-state index in [1.807, 2.05) is 0 Å². The van der Waals surface area contributed by atoms with Gasteiger partial charge in [0.05, 0.1) is 12.6 Å². The predicted molar refractivity (Wildman–Crippen MR) is 66.0 cm³/mol. The molecule has 18 heavy (non-hydrogen) atoms. The molecule has 1 heterocycles. The van der Waals surface area contributed by atoms with Crippen molar-refractivity contribution < 1.29 is 19.7 Å². The number of hydrogen-bond donors (Lipinski definition) is 3. The summed E-state index contributed by atoms with van der Waals surface area (Å²) in [6.45, 7) is 0.259. The van der Waals surface area contributed by atoms with Crippen LogP contribution in [0.25, 0.3) is 0 Å². The first kappa shape index (κ1) is 13.8. The van der Waals surface area contributed by atoms with E-state index in [9.17, 15) is 9.90 Å². The van der Waals surface area contributed by atoms with Crippen molar-refractivity contribution in [3.63, 3.8) is 0 Å². The number of rotatable bonds is 3. The average molecular weight is 257 g/mol. The first-order valence-corrected chi connectivity index (χ1v) is 6.93. The van der Waals surface area contributed by atoms with Gasteiger partial charge in [-0.3, -0.25) is 4.79 Å². The number of nitrogens with one attached hydrogen (secondary N) is 1. The van der Waals surface area contributed by atoms with Crippen LogP contribution in [-0.2, 0) is 9.53 Å². The minimum atomic E-state index is -0.809. The Morgan fingerprint density at radius 3 is 2.61 bits per heavy atom. The van der Waals surface area contributed by atoms with Gasteiger partial charge in [0.1, 0.15) is 12.2 Å². The third kappa shape index (κ3) is 3.22. The van der Waals surface area contributed by atoms with Crippen LogP contribution in [0.5, 0.6) is 0 Å². The number of amides is 1. The Balaban J connectivity index is 1.85. The first-order valence-electron chi connectivity index (χ1n) is 6.93. The molecule has 2 aliphatic rings. The highest BCUT2D eigenvalue weighted by Crippen LogP contribution is 2.24. The lowest BCUT2D eigenvalue weighted by molar-refractivity contribution is -0.135. The summed E-state index contributed by atoms with van der Waals surface area (Å²) in [6.07, 6.45) is 4.59. The second-order valence-corrected chi connectivity index (χ2v) is 5.32. The van der Waals surface area contributed by atoms with Gasteiger partial charge in [-0.2, -0.15) is 0 Å². The third-order valence-electron chi connectivity index (χ3n) is 4.04. The SMILES string of the molecule is O=C(N[C@H]1CCO[C@H](CO)[C@H]1O)C1CCCCC1. The second kappa shape index (κ2) is 6.50. The molecule has 1 aliphatic carbocycles. The van der Waals surface area contributed by atoms with Gasteiger partial charge < -0.3 is 20.3 Å². The zero-order valence-electron chi connectivity index (χ0n) is 10.7. The van der Waals surface area contributed by atoms with Crippen molar-refractivity contribution in [2.75, 3.05) is 13.2 Å². The van der Waals surface area contributed by atoms with Gasteiger partial charge in [-0.05, 0) is 19.3 Å². The largest absolute Gasteiger partial charge is 0.394 e. The van der Waals surface area contributed by atoms with Crippen LogP contribution in [0, 0.1) is 5.92 Å². The molecule has 3 N–H and O–H groups in total. The maximum absolute atomic E-state index is 12.1. The smallest absolute Gasteiger partial charge is 0.223 e. The molecule has 1 saturated heterocycles. The van der Waals surface area contributed by atoms with Crippen LogP contribution in [0.2, 0.25) is 0 Å². The summed E-state index contributed by atoms with van der Waals surface area (Å²) in [7, 11) is 0. The summed E-state index contributed by atoms with van der Waals surface area (Å²) < 4.78 is 5.25. The van der Waals surface area contributed by atoms with Crippen LogP contribution in [0.3, 0.4) is 0 Å². The summed E-state index contributed by atoms with van der Waals surface area (Å²) in [5.41, 5.74) is 0. The molecule has 0 unspecified atom stereocenters. The lowest BCUT2D eigenvalue weighted by atomic mass is 9.88. The van der Waals surface area contributed by atoms with E-state index < -0.39 is 12.2 Å². The number of hydrogen-bond acceptors (Lipinski definition) is 4. The lowest BCUT2D eigenvalue weighted by Gasteiger charge is -2.35. The standard InChI is InChI=1S/C13H23NO4/c15-8-11-12(16)10(6-7-18-11)14-13(17)9-4-2-1-3-5-9/h9-12,15-16H,1-8H2,(H,14,17)/t10-,11+,12-/m0/s1. The molecule has 1 amide bonds. The topological polar surface area (TPSA) is 78.8 Å². The number of aliphatic hydroxyl groups is 2. The van der Waals surface area contributed by atoms with Crippen molar-refractivity contribution in [3.8, 4) is 0 Å². The molecule has 0 aromatic rings. The van der Waals surface area contributed by atoms with E-state index in [0.29, 0.717) is 13.0 Å². The van der Waals surface area contributed by atoms with Crippen molar-refractivity contribution in [3.05, 3.63) is 0 Å². The van der Waals surface area contributed by atoms with Gasteiger partial charge in [0.15, 0.2) is 0 Å². The molecule has 0 aromatic heterocycles. The molecule has 0 spiro atoms. The molecule has 2 fully saturated rings. The molecule has 0 radical (unpaired) electrons. The van der Waals surface area contributed by atoms with Crippen LogP contribution in [0.15, 0.2) is 0 Å². The zero-order chi connectivity index (χ0) is 13.0. The summed E-state index contributed by atoms with van der Waals surface area (Å²) in [5, 5.41) is 22.0. The van der Waals surface area contributed by atoms with E-state index in [4.69, 9.17) is 9.84 Å². The van der Waals surface area contributed by atoms with Crippen molar-refractivity contribution in [2.24, 2.45) is 5.92 Å². The molecule has 5 nitrogen and oxygen atoms in total. The Bertz CT molecular complexity index is 278. The van der Waals surface area contributed by atoms with Crippen LogP contribution < -0.4 is 5.32 Å². The maximum atomic E-state index is 12.1. The van der Waals surface area contributed by atoms with Crippen molar-refractivity contribution in [1.82, 2.24) is 5.32 Å². The molecule has 104 valence electrons. The molecule has 1 saturated carbocycles. The maximum Gasteiger partial charge on any atom is 0.223 e. The Hall–Kier alpha value is -0.650. The molecular weight excluding hydrogens is 234 g/mol. The van der Waals surface area contributed by atoms with E-state index >= 15 is 0 Å². The minimum Gasteiger partial charge on any atom is -0.394 e. The highest BCUT2D eigenvalue weighted by molar-refractivity contribution is 5.79. The van der Waals surface area contributed by atoms with Gasteiger partial charge >= 0.3 is 0 Å². The number of carbonyl (C=O) groups is 1. The minimum absolute atomic E-state index is 0.0531. The molecule has 1 aliphatic heterocycles. The summed E-state index contributed by atoms with van der Waals surface area (Å²) in [5.74, 6) is 0.152. The quantitative estimate of drug-likeness (QED) is 0.674. The van der Waals surface area contributed by atoms with Gasteiger partial charge in [-0.1, -0.05) is 19.3 Å². The zero-order valence-corrected chi connectivity index (χ0v) is 10.7. The van der Waals surface area contributed by atoms with Gasteiger partial charge in [0, 0.05) is 12.5 Å². The Kier molecular flexibility index (Phi) is 4.97. The molecule has 0 aromatic carbocycles. The normalized spacial score (nSPS) is 34.2. The van der Waals surface area contributed by atoms with Crippen LogP contribution in [0.1, 0.15) is 38.5 Å².